The summed E-state index contributed by atoms with van der Waals surface area (Å²) in [5.41, 5.74) is 2.55. The molecule has 5 rings (SSSR count). The van der Waals surface area contributed by atoms with Gasteiger partial charge >= 0.3 is 0 Å². The zero-order chi connectivity index (χ0) is 23.3. The lowest BCUT2D eigenvalue weighted by Crippen LogP contribution is -2.54. The van der Waals surface area contributed by atoms with Gasteiger partial charge in [0.05, 0.1) is 17.8 Å². The number of nitrogens with one attached hydrogen (secondary N) is 2. The molecule has 176 valence electrons. The topological polar surface area (TPSA) is 77.1 Å². The Bertz CT molecular complexity index is 1140. The quantitative estimate of drug-likeness (QED) is 0.519. The molecule has 34 heavy (non-hydrogen) atoms. The van der Waals surface area contributed by atoms with Crippen LogP contribution in [-0.2, 0) is 0 Å². The van der Waals surface area contributed by atoms with Crippen LogP contribution < -0.4 is 15.5 Å². The maximum absolute atomic E-state index is 13.6. The predicted molar refractivity (Wildman–Crippen MR) is 131 cm³/mol. The third-order valence-corrected chi connectivity index (χ3v) is 6.92. The van der Waals surface area contributed by atoms with Gasteiger partial charge in [-0.05, 0) is 62.1 Å². The second kappa shape index (κ2) is 10.3. The summed E-state index contributed by atoms with van der Waals surface area (Å²) in [6.45, 7) is 1.99. The number of piperidine rings is 1. The van der Waals surface area contributed by atoms with Crippen LogP contribution in [0.5, 0.6) is 0 Å². The Hall–Kier alpha value is -3.37. The molecule has 3 aromatic rings. The first-order valence-corrected chi connectivity index (χ1v) is 12.2. The Labute approximate surface area is 199 Å². The van der Waals surface area contributed by atoms with Crippen LogP contribution in [0, 0.1) is 17.1 Å². The van der Waals surface area contributed by atoms with E-state index in [0.717, 1.165) is 38.8 Å². The number of aromatic nitrogens is 1. The number of benzene rings is 2. The minimum atomic E-state index is -0.289. The lowest BCUT2D eigenvalue weighted by molar-refractivity contribution is 0.290. The highest BCUT2D eigenvalue weighted by Crippen LogP contribution is 2.28. The van der Waals surface area contributed by atoms with Crippen molar-refractivity contribution >= 4 is 11.7 Å². The molecule has 2 fully saturated rings. The molecule has 0 amide bonds. The molecule has 7 heteroatoms. The highest BCUT2D eigenvalue weighted by molar-refractivity contribution is 5.57. The summed E-state index contributed by atoms with van der Waals surface area (Å²) in [5.74, 6) is 0.273. The Morgan fingerprint density at radius 2 is 1.85 bits per heavy atom. The second-order valence-corrected chi connectivity index (χ2v) is 9.29. The smallest absolute Gasteiger partial charge is 0.295 e. The molecule has 2 aliphatic rings. The van der Waals surface area contributed by atoms with Crippen molar-refractivity contribution < 1.29 is 8.81 Å². The van der Waals surface area contributed by atoms with E-state index in [1.165, 1.54) is 30.7 Å². The molecule has 1 saturated carbocycles. The van der Waals surface area contributed by atoms with E-state index in [-0.39, 0.29) is 11.9 Å². The first kappa shape index (κ1) is 22.4. The molecule has 2 N–H and O–H groups in total. The molecule has 0 radical (unpaired) electrons. The van der Waals surface area contributed by atoms with Gasteiger partial charge in [0.2, 0.25) is 0 Å². The third kappa shape index (κ3) is 5.23. The number of anilines is 2. The maximum atomic E-state index is 13.6. The average Bonchev–Trinajstić information content (AvgIpc) is 3.34. The first-order valence-electron chi connectivity index (χ1n) is 12.2. The van der Waals surface area contributed by atoms with Crippen molar-refractivity contribution in [3.05, 3.63) is 66.1 Å². The van der Waals surface area contributed by atoms with Crippen molar-refractivity contribution in [3.8, 4) is 17.4 Å². The van der Waals surface area contributed by atoms with Crippen LogP contribution in [0.25, 0.3) is 11.3 Å². The minimum Gasteiger partial charge on any atom is -0.424 e. The molecule has 6 nitrogen and oxygen atoms in total. The third-order valence-electron chi connectivity index (χ3n) is 6.92. The monoisotopic (exact) mass is 459 g/mol. The largest absolute Gasteiger partial charge is 0.424 e. The zero-order valence-corrected chi connectivity index (χ0v) is 19.2. The van der Waals surface area contributed by atoms with Gasteiger partial charge in [0.25, 0.3) is 6.01 Å². The summed E-state index contributed by atoms with van der Waals surface area (Å²) in [6, 6.07) is 17.9. The van der Waals surface area contributed by atoms with Gasteiger partial charge in [-0.25, -0.2) is 9.37 Å². The fourth-order valence-electron chi connectivity index (χ4n) is 5.17. The summed E-state index contributed by atoms with van der Waals surface area (Å²) in [4.78, 5) is 6.81. The molecule has 0 bridgehead atoms. The van der Waals surface area contributed by atoms with E-state index < -0.39 is 0 Å². The van der Waals surface area contributed by atoms with Gasteiger partial charge in [0, 0.05) is 42.5 Å². The van der Waals surface area contributed by atoms with Crippen molar-refractivity contribution in [2.24, 2.45) is 0 Å². The Morgan fingerprint density at radius 1 is 1.03 bits per heavy atom. The van der Waals surface area contributed by atoms with Crippen LogP contribution in [0.1, 0.15) is 44.1 Å². The van der Waals surface area contributed by atoms with Crippen molar-refractivity contribution in [2.45, 2.75) is 56.7 Å². The standard InChI is InChI=1S/C27H30FN5O/c28-21-6-3-5-20(15-21)26-17-30-27(34-26)32-25-9-2-1-8-24(25)31-22-7-4-14-33(18-22)23-12-10-19(16-29)11-13-23/h3,5-6,10-13,15,17,22,24-25,31H,1-2,4,7-9,14,18H2,(H,30,32)/t22-,24+,25+/m0/s1. The van der Waals surface area contributed by atoms with E-state index >= 15 is 0 Å². The fraction of sp³-hybridized carbons (Fsp3) is 0.407. The summed E-state index contributed by atoms with van der Waals surface area (Å²) in [6.07, 6.45) is 8.50. The molecule has 1 saturated heterocycles. The number of nitrogens with zero attached hydrogens (tertiary/aromatic N) is 3. The van der Waals surface area contributed by atoms with Crippen LogP contribution >= 0.6 is 0 Å². The molecular formula is C27H30FN5O. The van der Waals surface area contributed by atoms with Crippen molar-refractivity contribution in [2.75, 3.05) is 23.3 Å². The van der Waals surface area contributed by atoms with E-state index in [1.807, 2.05) is 30.3 Å². The summed E-state index contributed by atoms with van der Waals surface area (Å²) in [5, 5.41) is 16.5. The SMILES string of the molecule is N#Cc1ccc(N2CCC[C@H](N[C@@H]3CCCC[C@H]3Nc3ncc(-c4cccc(F)c4)o3)C2)cc1. The van der Waals surface area contributed by atoms with Crippen molar-refractivity contribution in [1.29, 1.82) is 5.26 Å². The molecule has 2 aromatic carbocycles. The first-order chi connectivity index (χ1) is 16.7. The number of halogens is 1. The van der Waals surface area contributed by atoms with Gasteiger partial charge in [-0.1, -0.05) is 25.0 Å². The van der Waals surface area contributed by atoms with Gasteiger partial charge in [0.15, 0.2) is 5.76 Å². The summed E-state index contributed by atoms with van der Waals surface area (Å²) in [7, 11) is 0. The fourth-order valence-corrected chi connectivity index (χ4v) is 5.17. The van der Waals surface area contributed by atoms with Gasteiger partial charge in [-0.2, -0.15) is 5.26 Å². The molecule has 1 aliphatic heterocycles. The lowest BCUT2D eigenvalue weighted by atomic mass is 9.89. The summed E-state index contributed by atoms with van der Waals surface area (Å²) < 4.78 is 19.5. The predicted octanol–water partition coefficient (Wildman–Crippen LogP) is 5.33. The Kier molecular flexibility index (Phi) is 6.77. The van der Waals surface area contributed by atoms with E-state index in [2.05, 4.69) is 26.6 Å². The molecule has 1 aromatic heterocycles. The number of hydrogen-bond donors (Lipinski definition) is 2. The van der Waals surface area contributed by atoms with Gasteiger partial charge in [0.1, 0.15) is 5.82 Å². The molecule has 0 spiro atoms. The minimum absolute atomic E-state index is 0.234. The Balaban J connectivity index is 1.22. The highest BCUT2D eigenvalue weighted by Gasteiger charge is 2.30. The van der Waals surface area contributed by atoms with Crippen LogP contribution in [0.15, 0.2) is 59.1 Å². The van der Waals surface area contributed by atoms with Gasteiger partial charge in [-0.15, -0.1) is 0 Å². The van der Waals surface area contributed by atoms with Gasteiger partial charge in [-0.3, -0.25) is 0 Å². The average molecular weight is 460 g/mol. The normalized spacial score (nSPS) is 22.8. The number of oxazole rings is 1. The lowest BCUT2D eigenvalue weighted by Gasteiger charge is -2.40. The molecular weight excluding hydrogens is 429 g/mol. The molecule has 3 atom stereocenters. The number of rotatable bonds is 6. The molecule has 1 aliphatic carbocycles. The zero-order valence-electron chi connectivity index (χ0n) is 19.2. The summed E-state index contributed by atoms with van der Waals surface area (Å²) >= 11 is 0. The Morgan fingerprint density at radius 3 is 2.65 bits per heavy atom. The number of hydrogen-bond acceptors (Lipinski definition) is 6. The number of nitriles is 1. The van der Waals surface area contributed by atoms with Crippen LogP contribution in [0.2, 0.25) is 0 Å². The van der Waals surface area contributed by atoms with Crippen molar-refractivity contribution in [1.82, 2.24) is 10.3 Å². The van der Waals surface area contributed by atoms with Crippen LogP contribution in [-0.4, -0.2) is 36.2 Å². The molecule has 2 heterocycles. The van der Waals surface area contributed by atoms with E-state index in [4.69, 9.17) is 9.68 Å². The van der Waals surface area contributed by atoms with E-state index in [1.54, 1.807) is 12.3 Å². The van der Waals surface area contributed by atoms with E-state index in [9.17, 15) is 4.39 Å². The van der Waals surface area contributed by atoms with Crippen molar-refractivity contribution in [3.63, 3.8) is 0 Å². The van der Waals surface area contributed by atoms with Crippen LogP contribution in [0.3, 0.4) is 0 Å². The van der Waals surface area contributed by atoms with Crippen LogP contribution in [0.4, 0.5) is 16.1 Å². The highest BCUT2D eigenvalue weighted by atomic mass is 19.1. The maximum Gasteiger partial charge on any atom is 0.295 e. The molecule has 0 unspecified atom stereocenters. The van der Waals surface area contributed by atoms with Gasteiger partial charge < -0.3 is 20.0 Å². The van der Waals surface area contributed by atoms with E-state index in [0.29, 0.717) is 35.0 Å². The second-order valence-electron chi connectivity index (χ2n) is 9.29.